The lowest BCUT2D eigenvalue weighted by atomic mass is 9.88. The SMILES string of the molecule is CN1CC[C@](COc2cc3c(cc2C(F)(F)F)N(c2ccc(F)cc2)C[C@@H](CCC(C)(F)F)[C@@H](F)S3(=O)=O)(C(=O)O)C1. The summed E-state index contributed by atoms with van der Waals surface area (Å²) in [6, 6.07) is 5.15. The fourth-order valence-corrected chi connectivity index (χ4v) is 7.00. The highest BCUT2D eigenvalue weighted by molar-refractivity contribution is 7.92. The van der Waals surface area contributed by atoms with E-state index in [0.717, 1.165) is 29.2 Å². The predicted molar refractivity (Wildman–Crippen MR) is 138 cm³/mol. The number of carboxylic acids is 1. The van der Waals surface area contributed by atoms with E-state index in [1.54, 1.807) is 11.9 Å². The standard InChI is InChI=1S/C27H29F7N2O5S/c1-25(30,31)8-7-16-13-36(18-5-3-17(28)4-6-18)20-11-19(27(32,33)34)21(12-22(20)42(39,40)23(16)29)41-15-26(24(37)38)9-10-35(2)14-26/h3-6,11-12,16,23H,7-10,13-15H2,1-2H3,(H,37,38)/t16-,23+,26+/m1/s1. The van der Waals surface area contributed by atoms with Gasteiger partial charge in [0.1, 0.15) is 23.6 Å². The molecule has 7 nitrogen and oxygen atoms in total. The Hall–Kier alpha value is -3.07. The van der Waals surface area contributed by atoms with Crippen LogP contribution in [0.4, 0.5) is 42.1 Å². The molecule has 0 amide bonds. The Morgan fingerprint density at radius 1 is 1.14 bits per heavy atom. The minimum absolute atomic E-state index is 0.00387. The summed E-state index contributed by atoms with van der Waals surface area (Å²) >= 11 is 0. The minimum atomic E-state index is -5.13. The molecule has 0 aromatic heterocycles. The second kappa shape index (κ2) is 11.2. The van der Waals surface area contributed by atoms with Crippen LogP contribution in [0.3, 0.4) is 0 Å². The number of ether oxygens (including phenoxy) is 1. The van der Waals surface area contributed by atoms with Gasteiger partial charge < -0.3 is 19.6 Å². The summed E-state index contributed by atoms with van der Waals surface area (Å²) in [6.45, 7) is -0.482. The first kappa shape index (κ1) is 31.9. The van der Waals surface area contributed by atoms with E-state index < -0.39 is 98.4 Å². The summed E-state index contributed by atoms with van der Waals surface area (Å²) in [7, 11) is -3.46. The molecule has 2 aliphatic rings. The monoisotopic (exact) mass is 626 g/mol. The molecule has 2 heterocycles. The first-order chi connectivity index (χ1) is 19.3. The van der Waals surface area contributed by atoms with Gasteiger partial charge in [-0.15, -0.1) is 0 Å². The summed E-state index contributed by atoms with van der Waals surface area (Å²) in [5.74, 6) is -7.92. The number of carbonyl (C=O) groups is 1. The number of benzene rings is 2. The number of hydrogen-bond acceptors (Lipinski definition) is 6. The van der Waals surface area contributed by atoms with Crippen molar-refractivity contribution in [3.8, 4) is 5.75 Å². The number of alkyl halides is 6. The molecule has 4 rings (SSSR count). The summed E-state index contributed by atoms with van der Waals surface area (Å²) < 4.78 is 132. The number of hydrogen-bond donors (Lipinski definition) is 1. The van der Waals surface area contributed by atoms with E-state index in [1.165, 1.54) is 0 Å². The molecule has 2 aliphatic heterocycles. The predicted octanol–water partition coefficient (Wildman–Crippen LogP) is 5.90. The molecule has 0 saturated carbocycles. The zero-order valence-electron chi connectivity index (χ0n) is 22.6. The molecule has 0 spiro atoms. The van der Waals surface area contributed by atoms with Crippen molar-refractivity contribution in [2.75, 3.05) is 38.2 Å². The number of anilines is 2. The first-order valence-corrected chi connectivity index (χ1v) is 14.5. The van der Waals surface area contributed by atoms with E-state index in [4.69, 9.17) is 4.74 Å². The van der Waals surface area contributed by atoms with E-state index in [0.29, 0.717) is 25.6 Å². The molecular weight excluding hydrogens is 597 g/mol. The normalized spacial score (nSPS) is 24.7. The molecule has 0 aliphatic carbocycles. The topological polar surface area (TPSA) is 87.2 Å². The van der Waals surface area contributed by atoms with Crippen molar-refractivity contribution in [1.82, 2.24) is 4.90 Å². The van der Waals surface area contributed by atoms with Gasteiger partial charge >= 0.3 is 12.1 Å². The van der Waals surface area contributed by atoms with Gasteiger partial charge in [-0.25, -0.2) is 26.0 Å². The molecule has 0 radical (unpaired) electrons. The molecule has 232 valence electrons. The van der Waals surface area contributed by atoms with Crippen molar-refractivity contribution in [3.63, 3.8) is 0 Å². The zero-order valence-corrected chi connectivity index (χ0v) is 23.4. The van der Waals surface area contributed by atoms with Crippen LogP contribution < -0.4 is 9.64 Å². The lowest BCUT2D eigenvalue weighted by Crippen LogP contribution is -2.39. The van der Waals surface area contributed by atoms with Crippen molar-refractivity contribution in [2.45, 2.75) is 48.7 Å². The summed E-state index contributed by atoms with van der Waals surface area (Å²) in [4.78, 5) is 13.8. The van der Waals surface area contributed by atoms with Crippen LogP contribution in [0.15, 0.2) is 41.3 Å². The fourth-order valence-electron chi connectivity index (χ4n) is 5.30. The van der Waals surface area contributed by atoms with E-state index in [2.05, 4.69) is 0 Å². The van der Waals surface area contributed by atoms with Gasteiger partial charge in [0.25, 0.3) is 0 Å². The van der Waals surface area contributed by atoms with Crippen LogP contribution in [0.2, 0.25) is 0 Å². The Kier molecular flexibility index (Phi) is 8.50. The highest BCUT2D eigenvalue weighted by Gasteiger charge is 2.48. The molecule has 2 aromatic carbocycles. The van der Waals surface area contributed by atoms with Crippen LogP contribution in [0.5, 0.6) is 5.75 Å². The average molecular weight is 627 g/mol. The van der Waals surface area contributed by atoms with Crippen LogP contribution in [0.25, 0.3) is 0 Å². The van der Waals surface area contributed by atoms with Crippen LogP contribution in [-0.4, -0.2) is 69.1 Å². The summed E-state index contributed by atoms with van der Waals surface area (Å²) in [6.07, 6.45) is -6.59. The number of nitrogens with zero attached hydrogens (tertiary/aromatic N) is 2. The maximum absolute atomic E-state index is 15.7. The van der Waals surface area contributed by atoms with Gasteiger partial charge in [-0.05, 0) is 63.7 Å². The first-order valence-electron chi connectivity index (χ1n) is 12.9. The van der Waals surface area contributed by atoms with Gasteiger partial charge in [-0.1, -0.05) is 0 Å². The molecule has 2 aromatic rings. The number of rotatable bonds is 8. The lowest BCUT2D eigenvalue weighted by Gasteiger charge is -2.29. The Morgan fingerprint density at radius 3 is 2.31 bits per heavy atom. The Morgan fingerprint density at radius 2 is 1.79 bits per heavy atom. The maximum Gasteiger partial charge on any atom is 0.420 e. The van der Waals surface area contributed by atoms with Crippen molar-refractivity contribution in [1.29, 1.82) is 0 Å². The number of likely N-dealkylation sites (tertiary alicyclic amines) is 1. The Bertz CT molecular complexity index is 1430. The fraction of sp³-hybridized carbons (Fsp3) is 0.519. The Balaban J connectivity index is 1.88. The summed E-state index contributed by atoms with van der Waals surface area (Å²) in [5, 5.41) is 9.79. The number of aliphatic carboxylic acids is 1. The molecule has 3 atom stereocenters. The van der Waals surface area contributed by atoms with Gasteiger partial charge in [-0.2, -0.15) is 13.2 Å². The van der Waals surface area contributed by atoms with Gasteiger partial charge in [0, 0.05) is 37.2 Å². The van der Waals surface area contributed by atoms with Gasteiger partial charge in [0.05, 0.1) is 16.1 Å². The average Bonchev–Trinajstić information content (AvgIpc) is 3.25. The maximum atomic E-state index is 15.7. The van der Waals surface area contributed by atoms with E-state index in [1.807, 2.05) is 0 Å². The second-order valence-corrected chi connectivity index (χ2v) is 13.0. The number of carboxylic acid groups (broad SMARTS) is 1. The van der Waals surface area contributed by atoms with E-state index in [-0.39, 0.29) is 18.7 Å². The van der Waals surface area contributed by atoms with Crippen LogP contribution in [0.1, 0.15) is 31.7 Å². The second-order valence-electron chi connectivity index (χ2n) is 11.0. The number of sulfone groups is 1. The Labute approximate surface area is 237 Å². The molecule has 15 heteroatoms. The number of halogens is 7. The van der Waals surface area contributed by atoms with Gasteiger partial charge in [0.2, 0.25) is 21.3 Å². The largest absolute Gasteiger partial charge is 0.492 e. The van der Waals surface area contributed by atoms with Crippen molar-refractivity contribution in [3.05, 3.63) is 47.8 Å². The zero-order chi connectivity index (χ0) is 31.3. The highest BCUT2D eigenvalue weighted by Crippen LogP contribution is 2.48. The molecular formula is C27H29F7N2O5S. The molecule has 1 fully saturated rings. The van der Waals surface area contributed by atoms with Crippen molar-refractivity contribution in [2.24, 2.45) is 11.3 Å². The minimum Gasteiger partial charge on any atom is -0.492 e. The van der Waals surface area contributed by atoms with Gasteiger partial charge in [-0.3, -0.25) is 4.79 Å². The van der Waals surface area contributed by atoms with E-state index in [9.17, 15) is 44.7 Å². The molecule has 1 saturated heterocycles. The molecule has 0 bridgehead atoms. The third-order valence-electron chi connectivity index (χ3n) is 7.64. The van der Waals surface area contributed by atoms with Crippen LogP contribution in [0, 0.1) is 17.2 Å². The highest BCUT2D eigenvalue weighted by atomic mass is 32.2. The molecule has 0 unspecified atom stereocenters. The third-order valence-corrected chi connectivity index (χ3v) is 9.56. The molecule has 42 heavy (non-hydrogen) atoms. The lowest BCUT2D eigenvalue weighted by molar-refractivity contribution is -0.150. The van der Waals surface area contributed by atoms with E-state index >= 15 is 4.39 Å². The van der Waals surface area contributed by atoms with Gasteiger partial charge in [0.15, 0.2) is 0 Å². The molecule has 1 N–H and O–H groups in total. The quantitative estimate of drug-likeness (QED) is 0.365. The van der Waals surface area contributed by atoms with Crippen molar-refractivity contribution < 1.29 is 53.8 Å². The third kappa shape index (κ3) is 6.46. The summed E-state index contributed by atoms with van der Waals surface area (Å²) in [5.41, 5.74) is -6.42. The van der Waals surface area contributed by atoms with Crippen LogP contribution >= 0.6 is 0 Å². The van der Waals surface area contributed by atoms with Crippen LogP contribution in [-0.2, 0) is 20.8 Å². The smallest absolute Gasteiger partial charge is 0.420 e. The van der Waals surface area contributed by atoms with Crippen molar-refractivity contribution >= 4 is 27.2 Å². The number of fused-ring (bicyclic) bond motifs is 1.